The van der Waals surface area contributed by atoms with Crippen molar-refractivity contribution in [2.75, 3.05) is 0 Å². The Bertz CT molecular complexity index is 614. The van der Waals surface area contributed by atoms with Crippen molar-refractivity contribution in [3.63, 3.8) is 0 Å². The largest absolute Gasteiger partial charge is 0.274 e. The molecule has 1 amide bonds. The van der Waals surface area contributed by atoms with E-state index in [0.717, 1.165) is 0 Å². The van der Waals surface area contributed by atoms with Crippen molar-refractivity contribution in [2.24, 2.45) is 5.10 Å². The van der Waals surface area contributed by atoms with Crippen molar-refractivity contribution in [2.45, 2.75) is 0 Å². The monoisotopic (exact) mass is 277 g/mol. The second-order valence-electron chi connectivity index (χ2n) is 3.59. The van der Waals surface area contributed by atoms with Crippen molar-refractivity contribution >= 4 is 23.7 Å². The molecule has 1 N–H and O–H groups in total. The zero-order chi connectivity index (χ0) is 13.7. The van der Waals surface area contributed by atoms with E-state index in [-0.39, 0.29) is 16.5 Å². The first-order valence-electron chi connectivity index (χ1n) is 5.36. The summed E-state index contributed by atoms with van der Waals surface area (Å²) in [6.45, 7) is 0. The predicted molar refractivity (Wildman–Crippen MR) is 70.7 cm³/mol. The molecule has 0 unspecified atom stereocenters. The van der Waals surface area contributed by atoms with Gasteiger partial charge in [-0.2, -0.15) is 5.10 Å². The van der Waals surface area contributed by atoms with E-state index in [2.05, 4.69) is 15.5 Å². The molecule has 0 spiro atoms. The first-order chi connectivity index (χ1) is 9.16. The van der Waals surface area contributed by atoms with Gasteiger partial charge in [0, 0.05) is 6.20 Å². The van der Waals surface area contributed by atoms with Gasteiger partial charge in [-0.15, -0.1) is 0 Å². The molecule has 1 heterocycles. The Hall–Kier alpha value is -2.27. The summed E-state index contributed by atoms with van der Waals surface area (Å²) in [6.07, 6.45) is 2.89. The fourth-order valence-corrected chi connectivity index (χ4v) is 1.54. The number of aromatic nitrogens is 1. The fourth-order valence-electron chi connectivity index (χ4n) is 1.33. The van der Waals surface area contributed by atoms with Gasteiger partial charge in [0.25, 0.3) is 5.91 Å². The van der Waals surface area contributed by atoms with Crippen LogP contribution < -0.4 is 5.43 Å². The van der Waals surface area contributed by atoms with E-state index in [1.54, 1.807) is 18.2 Å². The first-order valence-corrected chi connectivity index (χ1v) is 5.74. The van der Waals surface area contributed by atoms with E-state index >= 15 is 0 Å². The van der Waals surface area contributed by atoms with Crippen LogP contribution in [0.3, 0.4) is 0 Å². The SMILES string of the molecule is O=C(NN=Cc1ccc(F)cc1)c1cccnc1Cl. The van der Waals surface area contributed by atoms with Gasteiger partial charge in [0.1, 0.15) is 11.0 Å². The highest BCUT2D eigenvalue weighted by molar-refractivity contribution is 6.32. The minimum Gasteiger partial charge on any atom is -0.267 e. The molecule has 96 valence electrons. The molecule has 1 aromatic heterocycles. The third-order valence-corrected chi connectivity index (χ3v) is 2.55. The predicted octanol–water partition coefficient (Wildman–Crippen LogP) is 2.64. The van der Waals surface area contributed by atoms with Crippen LogP contribution in [0.15, 0.2) is 47.7 Å². The highest BCUT2D eigenvalue weighted by atomic mass is 35.5. The highest BCUT2D eigenvalue weighted by Gasteiger charge is 2.08. The Morgan fingerprint density at radius 3 is 2.74 bits per heavy atom. The van der Waals surface area contributed by atoms with Crippen molar-refractivity contribution < 1.29 is 9.18 Å². The number of nitrogens with zero attached hydrogens (tertiary/aromatic N) is 2. The standard InChI is InChI=1S/C13H9ClFN3O/c14-12-11(2-1-7-16-12)13(19)18-17-8-9-3-5-10(15)6-4-9/h1-8H,(H,18,19). The Morgan fingerprint density at radius 2 is 2.05 bits per heavy atom. The summed E-state index contributed by atoms with van der Waals surface area (Å²) >= 11 is 5.77. The van der Waals surface area contributed by atoms with Crippen LogP contribution in [0.2, 0.25) is 5.15 Å². The normalized spacial score (nSPS) is 10.6. The summed E-state index contributed by atoms with van der Waals surface area (Å²) in [5.74, 6) is -0.792. The van der Waals surface area contributed by atoms with Gasteiger partial charge in [-0.05, 0) is 29.8 Å². The maximum atomic E-state index is 12.7. The van der Waals surface area contributed by atoms with Gasteiger partial charge in [-0.3, -0.25) is 4.79 Å². The lowest BCUT2D eigenvalue weighted by molar-refractivity contribution is 0.0955. The molecule has 0 aliphatic carbocycles. The lowest BCUT2D eigenvalue weighted by Gasteiger charge is -2.00. The van der Waals surface area contributed by atoms with Crippen LogP contribution in [0, 0.1) is 5.82 Å². The van der Waals surface area contributed by atoms with Gasteiger partial charge in [-0.1, -0.05) is 23.7 Å². The second-order valence-corrected chi connectivity index (χ2v) is 3.95. The average molecular weight is 278 g/mol. The third-order valence-electron chi connectivity index (χ3n) is 2.25. The topological polar surface area (TPSA) is 54.4 Å². The number of benzene rings is 1. The van der Waals surface area contributed by atoms with E-state index in [1.807, 2.05) is 0 Å². The maximum Gasteiger partial charge on any atom is 0.274 e. The molecule has 0 atom stereocenters. The van der Waals surface area contributed by atoms with Gasteiger partial charge in [-0.25, -0.2) is 14.8 Å². The van der Waals surface area contributed by atoms with Gasteiger partial charge in [0.15, 0.2) is 0 Å². The second kappa shape index (κ2) is 6.06. The zero-order valence-corrected chi connectivity index (χ0v) is 10.4. The number of carbonyl (C=O) groups excluding carboxylic acids is 1. The molecular formula is C13H9ClFN3O. The smallest absolute Gasteiger partial charge is 0.267 e. The van der Waals surface area contributed by atoms with E-state index < -0.39 is 5.91 Å². The van der Waals surface area contributed by atoms with Crippen LogP contribution in [-0.2, 0) is 0 Å². The van der Waals surface area contributed by atoms with Crippen LogP contribution in [0.25, 0.3) is 0 Å². The summed E-state index contributed by atoms with van der Waals surface area (Å²) in [4.78, 5) is 15.5. The summed E-state index contributed by atoms with van der Waals surface area (Å²) in [5.41, 5.74) is 3.22. The van der Waals surface area contributed by atoms with E-state index in [0.29, 0.717) is 5.56 Å². The number of pyridine rings is 1. The molecule has 0 aliphatic heterocycles. The molecule has 4 nitrogen and oxygen atoms in total. The molecule has 19 heavy (non-hydrogen) atoms. The van der Waals surface area contributed by atoms with Crippen molar-refractivity contribution in [1.29, 1.82) is 0 Å². The lowest BCUT2D eigenvalue weighted by Crippen LogP contribution is -2.18. The number of hydrogen-bond donors (Lipinski definition) is 1. The first kappa shape index (κ1) is 13.2. The summed E-state index contributed by atoms with van der Waals surface area (Å²) in [7, 11) is 0. The van der Waals surface area contributed by atoms with Crippen molar-refractivity contribution in [3.05, 3.63) is 64.7 Å². The van der Waals surface area contributed by atoms with E-state index in [9.17, 15) is 9.18 Å². The fraction of sp³-hybridized carbons (Fsp3) is 0. The Balaban J connectivity index is 2.01. The number of hydrazone groups is 1. The van der Waals surface area contributed by atoms with Crippen LogP contribution in [0.1, 0.15) is 15.9 Å². The average Bonchev–Trinajstić information content (AvgIpc) is 2.41. The maximum absolute atomic E-state index is 12.7. The molecule has 0 saturated carbocycles. The number of nitrogens with one attached hydrogen (secondary N) is 1. The van der Waals surface area contributed by atoms with Crippen LogP contribution in [0.4, 0.5) is 4.39 Å². The molecule has 6 heteroatoms. The summed E-state index contributed by atoms with van der Waals surface area (Å²) in [5, 5.41) is 3.86. The summed E-state index contributed by atoms with van der Waals surface area (Å²) < 4.78 is 12.7. The number of hydrogen-bond acceptors (Lipinski definition) is 3. The zero-order valence-electron chi connectivity index (χ0n) is 9.68. The number of amides is 1. The van der Waals surface area contributed by atoms with Crippen molar-refractivity contribution in [3.8, 4) is 0 Å². The Kier molecular flexibility index (Phi) is 4.20. The van der Waals surface area contributed by atoms with Crippen LogP contribution >= 0.6 is 11.6 Å². The van der Waals surface area contributed by atoms with Crippen LogP contribution in [0.5, 0.6) is 0 Å². The van der Waals surface area contributed by atoms with E-state index in [1.165, 1.54) is 30.6 Å². The van der Waals surface area contributed by atoms with Crippen LogP contribution in [-0.4, -0.2) is 17.1 Å². The molecule has 0 saturated heterocycles. The van der Waals surface area contributed by atoms with Crippen molar-refractivity contribution in [1.82, 2.24) is 10.4 Å². The third kappa shape index (κ3) is 3.59. The highest BCUT2D eigenvalue weighted by Crippen LogP contribution is 2.10. The number of carbonyl (C=O) groups is 1. The van der Waals surface area contributed by atoms with E-state index in [4.69, 9.17) is 11.6 Å². The van der Waals surface area contributed by atoms with Gasteiger partial charge >= 0.3 is 0 Å². The molecule has 0 fully saturated rings. The van der Waals surface area contributed by atoms with Gasteiger partial charge in [0.2, 0.25) is 0 Å². The minimum atomic E-state index is -0.462. The molecule has 0 radical (unpaired) electrons. The molecule has 0 bridgehead atoms. The molecular weight excluding hydrogens is 269 g/mol. The Labute approximate surface area is 113 Å². The molecule has 2 aromatic rings. The van der Waals surface area contributed by atoms with Gasteiger partial charge < -0.3 is 0 Å². The minimum absolute atomic E-state index is 0.108. The lowest BCUT2D eigenvalue weighted by atomic mass is 10.2. The molecule has 1 aromatic carbocycles. The Morgan fingerprint density at radius 1 is 1.32 bits per heavy atom. The number of halogens is 2. The molecule has 0 aliphatic rings. The quantitative estimate of drug-likeness (QED) is 0.533. The summed E-state index contributed by atoms with van der Waals surface area (Å²) in [6, 6.07) is 8.84. The number of rotatable bonds is 3. The molecule has 2 rings (SSSR count). The van der Waals surface area contributed by atoms with Gasteiger partial charge in [0.05, 0.1) is 11.8 Å².